The molecule has 0 spiro atoms. The predicted octanol–water partition coefficient (Wildman–Crippen LogP) is 2.20. The second-order valence-corrected chi connectivity index (χ2v) is 4.22. The van der Waals surface area contributed by atoms with E-state index >= 15 is 0 Å². The van der Waals surface area contributed by atoms with Gasteiger partial charge in [-0.3, -0.25) is 0 Å². The predicted molar refractivity (Wildman–Crippen MR) is 70.0 cm³/mol. The molecule has 0 fully saturated rings. The smallest absolute Gasteiger partial charge is 0.0949 e. The average Bonchev–Trinajstić information content (AvgIpc) is 2.77. The molecule has 0 amide bonds. The van der Waals surface area contributed by atoms with Crippen LogP contribution < -0.4 is 5.32 Å². The molecule has 1 rings (SSSR count). The molecule has 0 bridgehead atoms. The maximum Gasteiger partial charge on any atom is 0.0949 e. The first kappa shape index (κ1) is 14.2. The van der Waals surface area contributed by atoms with Gasteiger partial charge in [0.15, 0.2) is 0 Å². The molecule has 17 heavy (non-hydrogen) atoms. The van der Waals surface area contributed by atoms with Gasteiger partial charge in [0.25, 0.3) is 0 Å². The van der Waals surface area contributed by atoms with E-state index in [1.165, 1.54) is 12.1 Å². The average molecular weight is 239 g/mol. The van der Waals surface area contributed by atoms with Gasteiger partial charge in [0, 0.05) is 25.9 Å². The lowest BCUT2D eigenvalue weighted by molar-refractivity contribution is 0.123. The Morgan fingerprint density at radius 2 is 2.18 bits per heavy atom. The Kier molecular flexibility index (Phi) is 7.67. The van der Waals surface area contributed by atoms with Crippen LogP contribution in [0.5, 0.6) is 0 Å². The molecule has 0 saturated heterocycles. The van der Waals surface area contributed by atoms with Gasteiger partial charge in [0.05, 0.1) is 18.6 Å². The molecular formula is C13H25N3O. The Balaban J connectivity index is 2.20. The molecule has 0 aromatic carbocycles. The second kappa shape index (κ2) is 9.19. The Hall–Kier alpha value is -0.870. The molecule has 4 heteroatoms. The van der Waals surface area contributed by atoms with Crippen LogP contribution in [0.25, 0.3) is 0 Å². The zero-order chi connectivity index (χ0) is 12.3. The summed E-state index contributed by atoms with van der Waals surface area (Å²) in [5.41, 5.74) is 1.23. The van der Waals surface area contributed by atoms with Crippen LogP contribution >= 0.6 is 0 Å². The molecular weight excluding hydrogens is 214 g/mol. The van der Waals surface area contributed by atoms with Gasteiger partial charge in [-0.05, 0) is 19.4 Å². The minimum atomic E-state index is 0.775. The van der Waals surface area contributed by atoms with Crippen molar-refractivity contribution >= 4 is 0 Å². The van der Waals surface area contributed by atoms with Crippen LogP contribution in [0.15, 0.2) is 12.5 Å². The molecule has 0 aliphatic heterocycles. The van der Waals surface area contributed by atoms with Gasteiger partial charge in [-0.1, -0.05) is 20.3 Å². The van der Waals surface area contributed by atoms with Gasteiger partial charge >= 0.3 is 0 Å². The third-order valence-corrected chi connectivity index (χ3v) is 2.65. The van der Waals surface area contributed by atoms with Gasteiger partial charge in [-0.25, -0.2) is 4.98 Å². The quantitative estimate of drug-likeness (QED) is 0.636. The van der Waals surface area contributed by atoms with E-state index in [0.717, 1.165) is 45.7 Å². The SMILES string of the molecule is CCCCOCCn1cncc1CNCCC. The largest absolute Gasteiger partial charge is 0.380 e. The van der Waals surface area contributed by atoms with Gasteiger partial charge in [-0.15, -0.1) is 0 Å². The molecule has 0 aliphatic rings. The molecule has 4 nitrogen and oxygen atoms in total. The van der Waals surface area contributed by atoms with E-state index in [-0.39, 0.29) is 0 Å². The molecule has 98 valence electrons. The fourth-order valence-electron chi connectivity index (χ4n) is 1.60. The van der Waals surface area contributed by atoms with Gasteiger partial charge < -0.3 is 14.6 Å². The summed E-state index contributed by atoms with van der Waals surface area (Å²) in [7, 11) is 0. The first-order chi connectivity index (χ1) is 8.38. The van der Waals surface area contributed by atoms with E-state index in [2.05, 4.69) is 28.7 Å². The molecule has 1 aromatic heterocycles. The highest BCUT2D eigenvalue weighted by molar-refractivity contribution is 4.97. The van der Waals surface area contributed by atoms with E-state index in [4.69, 9.17) is 4.74 Å². The fourth-order valence-corrected chi connectivity index (χ4v) is 1.60. The molecule has 0 unspecified atom stereocenters. The number of imidazole rings is 1. The van der Waals surface area contributed by atoms with Crippen LogP contribution in [0.3, 0.4) is 0 Å². The third kappa shape index (κ3) is 5.84. The summed E-state index contributed by atoms with van der Waals surface area (Å²) in [5, 5.41) is 3.39. The molecule has 1 heterocycles. The minimum Gasteiger partial charge on any atom is -0.380 e. The van der Waals surface area contributed by atoms with E-state index in [0.29, 0.717) is 0 Å². The summed E-state index contributed by atoms with van der Waals surface area (Å²) in [6.45, 7) is 8.84. The van der Waals surface area contributed by atoms with Crippen LogP contribution in [0, 0.1) is 0 Å². The normalized spacial score (nSPS) is 10.9. The summed E-state index contributed by atoms with van der Waals surface area (Å²) >= 11 is 0. The molecule has 0 saturated carbocycles. The lowest BCUT2D eigenvalue weighted by Gasteiger charge is -2.09. The number of rotatable bonds is 10. The summed E-state index contributed by atoms with van der Waals surface area (Å²) in [4.78, 5) is 4.18. The lowest BCUT2D eigenvalue weighted by Crippen LogP contribution is -2.17. The first-order valence-electron chi connectivity index (χ1n) is 6.66. The Morgan fingerprint density at radius 1 is 1.29 bits per heavy atom. The number of unbranched alkanes of at least 4 members (excludes halogenated alkanes) is 1. The summed E-state index contributed by atoms with van der Waals surface area (Å²) in [6, 6.07) is 0. The highest BCUT2D eigenvalue weighted by Gasteiger charge is 2.00. The van der Waals surface area contributed by atoms with Crippen LogP contribution in [0.2, 0.25) is 0 Å². The number of nitrogens with one attached hydrogen (secondary N) is 1. The maximum absolute atomic E-state index is 5.56. The van der Waals surface area contributed by atoms with E-state index in [1.54, 1.807) is 0 Å². The Morgan fingerprint density at radius 3 is 2.94 bits per heavy atom. The first-order valence-corrected chi connectivity index (χ1v) is 6.66. The van der Waals surface area contributed by atoms with E-state index in [9.17, 15) is 0 Å². The highest BCUT2D eigenvalue weighted by atomic mass is 16.5. The number of aromatic nitrogens is 2. The van der Waals surface area contributed by atoms with Crippen LogP contribution in [-0.2, 0) is 17.8 Å². The molecule has 1 N–H and O–H groups in total. The van der Waals surface area contributed by atoms with Crippen molar-refractivity contribution in [1.82, 2.24) is 14.9 Å². The zero-order valence-electron chi connectivity index (χ0n) is 11.1. The summed E-state index contributed by atoms with van der Waals surface area (Å²) in [5.74, 6) is 0. The van der Waals surface area contributed by atoms with Crippen molar-refractivity contribution in [2.45, 2.75) is 46.2 Å². The van der Waals surface area contributed by atoms with Gasteiger partial charge in [-0.2, -0.15) is 0 Å². The minimum absolute atomic E-state index is 0.775. The van der Waals surface area contributed by atoms with Crippen LogP contribution in [0.1, 0.15) is 38.8 Å². The van der Waals surface area contributed by atoms with Crippen molar-refractivity contribution < 1.29 is 4.74 Å². The lowest BCUT2D eigenvalue weighted by atomic mass is 10.4. The molecule has 1 aromatic rings. The summed E-state index contributed by atoms with van der Waals surface area (Å²) < 4.78 is 7.72. The number of hydrogen-bond acceptors (Lipinski definition) is 3. The standard InChI is InChI=1S/C13H25N3O/c1-3-5-8-17-9-7-16-12-15-11-13(16)10-14-6-4-2/h11-12,14H,3-10H2,1-2H3. The van der Waals surface area contributed by atoms with Crippen LogP contribution in [0.4, 0.5) is 0 Å². The van der Waals surface area contributed by atoms with Crippen molar-refractivity contribution in [2.75, 3.05) is 19.8 Å². The van der Waals surface area contributed by atoms with E-state index < -0.39 is 0 Å². The fraction of sp³-hybridized carbons (Fsp3) is 0.769. The second-order valence-electron chi connectivity index (χ2n) is 4.22. The number of ether oxygens (including phenoxy) is 1. The monoisotopic (exact) mass is 239 g/mol. The Bertz CT molecular complexity index is 286. The maximum atomic E-state index is 5.56. The zero-order valence-corrected chi connectivity index (χ0v) is 11.1. The van der Waals surface area contributed by atoms with Crippen LogP contribution in [-0.4, -0.2) is 29.3 Å². The molecule has 0 aliphatic carbocycles. The van der Waals surface area contributed by atoms with Crippen molar-refractivity contribution in [1.29, 1.82) is 0 Å². The molecule has 0 radical (unpaired) electrons. The van der Waals surface area contributed by atoms with Gasteiger partial charge in [0.2, 0.25) is 0 Å². The van der Waals surface area contributed by atoms with Crippen molar-refractivity contribution in [3.63, 3.8) is 0 Å². The van der Waals surface area contributed by atoms with E-state index in [1.807, 2.05) is 12.5 Å². The summed E-state index contributed by atoms with van der Waals surface area (Å²) in [6.07, 6.45) is 7.31. The third-order valence-electron chi connectivity index (χ3n) is 2.65. The van der Waals surface area contributed by atoms with Crippen molar-refractivity contribution in [3.05, 3.63) is 18.2 Å². The van der Waals surface area contributed by atoms with Gasteiger partial charge in [0.1, 0.15) is 0 Å². The number of nitrogens with zero attached hydrogens (tertiary/aromatic N) is 2. The molecule has 0 atom stereocenters. The number of hydrogen-bond donors (Lipinski definition) is 1. The van der Waals surface area contributed by atoms with Crippen molar-refractivity contribution in [2.24, 2.45) is 0 Å². The highest BCUT2D eigenvalue weighted by Crippen LogP contribution is 1.99. The van der Waals surface area contributed by atoms with Crippen molar-refractivity contribution in [3.8, 4) is 0 Å². The topological polar surface area (TPSA) is 39.1 Å². The Labute approximate surface area is 104 Å².